The van der Waals surface area contributed by atoms with Crippen LogP contribution in [0.25, 0.3) is 16.7 Å². The Balaban J connectivity index is 1.46. The van der Waals surface area contributed by atoms with E-state index in [2.05, 4.69) is 15.4 Å². The number of nitrogens with one attached hydrogen (secondary N) is 1. The molecule has 7 nitrogen and oxygen atoms in total. The molecule has 0 atom stereocenters. The molecule has 2 aromatic heterocycles. The number of fused-ring (bicyclic) bond motifs is 1. The second kappa shape index (κ2) is 8.05. The van der Waals surface area contributed by atoms with Gasteiger partial charge in [0.2, 0.25) is 5.91 Å². The van der Waals surface area contributed by atoms with Crippen LogP contribution in [0.5, 0.6) is 0 Å². The van der Waals surface area contributed by atoms with Crippen molar-refractivity contribution in [1.29, 1.82) is 0 Å². The van der Waals surface area contributed by atoms with Crippen LogP contribution in [-0.4, -0.2) is 25.2 Å². The Labute approximate surface area is 165 Å². The van der Waals surface area contributed by atoms with E-state index in [4.69, 9.17) is 0 Å². The molecule has 29 heavy (non-hydrogen) atoms. The minimum Gasteiger partial charge on any atom is -0.352 e. The van der Waals surface area contributed by atoms with Crippen LogP contribution in [0.4, 0.5) is 4.39 Å². The van der Waals surface area contributed by atoms with E-state index in [-0.39, 0.29) is 30.2 Å². The zero-order chi connectivity index (χ0) is 20.2. The van der Waals surface area contributed by atoms with E-state index in [9.17, 15) is 14.0 Å². The number of aromatic nitrogens is 4. The van der Waals surface area contributed by atoms with Gasteiger partial charge in [0.25, 0.3) is 5.56 Å². The normalized spacial score (nSPS) is 10.9. The van der Waals surface area contributed by atoms with Crippen LogP contribution in [0.3, 0.4) is 0 Å². The Bertz CT molecular complexity index is 1200. The maximum atomic E-state index is 13.1. The molecule has 0 spiro atoms. The monoisotopic (exact) mass is 391 g/mol. The van der Waals surface area contributed by atoms with Gasteiger partial charge in [-0.25, -0.2) is 14.1 Å². The molecular weight excluding hydrogens is 373 g/mol. The van der Waals surface area contributed by atoms with Gasteiger partial charge in [0.05, 0.1) is 18.2 Å². The minimum atomic E-state index is -0.355. The second-order valence-electron chi connectivity index (χ2n) is 6.53. The zero-order valence-corrected chi connectivity index (χ0v) is 15.5. The van der Waals surface area contributed by atoms with E-state index in [1.54, 1.807) is 12.1 Å². The Morgan fingerprint density at radius 3 is 2.59 bits per heavy atom. The molecule has 0 bridgehead atoms. The summed E-state index contributed by atoms with van der Waals surface area (Å²) in [6, 6.07) is 15.4. The SMILES string of the molecule is O=C(CCn1cnc2c(cnn2-c2ccc(F)cc2)c1=O)NCc1ccccc1. The molecule has 0 unspecified atom stereocenters. The lowest BCUT2D eigenvalue weighted by Crippen LogP contribution is -2.27. The number of halogens is 1. The molecule has 2 heterocycles. The smallest absolute Gasteiger partial charge is 0.264 e. The van der Waals surface area contributed by atoms with Gasteiger partial charge in [0.15, 0.2) is 5.65 Å². The molecule has 4 rings (SSSR count). The molecule has 146 valence electrons. The summed E-state index contributed by atoms with van der Waals surface area (Å²) in [7, 11) is 0. The highest BCUT2D eigenvalue weighted by Crippen LogP contribution is 2.14. The third kappa shape index (κ3) is 4.06. The predicted octanol–water partition coefficient (Wildman–Crippen LogP) is 2.43. The lowest BCUT2D eigenvalue weighted by atomic mass is 10.2. The lowest BCUT2D eigenvalue weighted by Gasteiger charge is -2.08. The van der Waals surface area contributed by atoms with Crippen molar-refractivity contribution in [2.24, 2.45) is 0 Å². The Morgan fingerprint density at radius 1 is 1.07 bits per heavy atom. The summed E-state index contributed by atoms with van der Waals surface area (Å²) in [6.07, 6.45) is 2.99. The van der Waals surface area contributed by atoms with Crippen LogP contribution < -0.4 is 10.9 Å². The van der Waals surface area contributed by atoms with Crippen LogP contribution in [0.1, 0.15) is 12.0 Å². The maximum Gasteiger partial charge on any atom is 0.264 e. The average Bonchev–Trinajstić information content (AvgIpc) is 3.18. The fraction of sp³-hybridized carbons (Fsp3) is 0.143. The fourth-order valence-corrected chi connectivity index (χ4v) is 2.99. The molecule has 2 aromatic carbocycles. The fourth-order valence-electron chi connectivity index (χ4n) is 2.99. The number of nitrogens with zero attached hydrogens (tertiary/aromatic N) is 4. The van der Waals surface area contributed by atoms with E-state index in [1.807, 2.05) is 30.3 Å². The topological polar surface area (TPSA) is 81.8 Å². The first-order chi connectivity index (χ1) is 14.1. The minimum absolute atomic E-state index is 0.150. The quantitative estimate of drug-likeness (QED) is 0.547. The van der Waals surface area contributed by atoms with Gasteiger partial charge in [-0.2, -0.15) is 5.10 Å². The van der Waals surface area contributed by atoms with Crippen molar-refractivity contribution in [2.75, 3.05) is 0 Å². The molecule has 1 N–H and O–H groups in total. The third-order valence-corrected chi connectivity index (χ3v) is 4.54. The van der Waals surface area contributed by atoms with Crippen molar-refractivity contribution in [2.45, 2.75) is 19.5 Å². The van der Waals surface area contributed by atoms with Gasteiger partial charge in [0.1, 0.15) is 11.2 Å². The van der Waals surface area contributed by atoms with Gasteiger partial charge in [-0.05, 0) is 29.8 Å². The van der Waals surface area contributed by atoms with Crippen LogP contribution in [0.15, 0.2) is 71.9 Å². The van der Waals surface area contributed by atoms with Crippen LogP contribution in [-0.2, 0) is 17.9 Å². The lowest BCUT2D eigenvalue weighted by molar-refractivity contribution is -0.121. The Hall–Kier alpha value is -3.81. The van der Waals surface area contributed by atoms with Gasteiger partial charge >= 0.3 is 0 Å². The van der Waals surface area contributed by atoms with Gasteiger partial charge in [0, 0.05) is 19.5 Å². The molecule has 0 aliphatic carbocycles. The summed E-state index contributed by atoms with van der Waals surface area (Å²) in [5.41, 5.74) is 1.71. The number of carbonyl (C=O) groups excluding carboxylic acids is 1. The summed E-state index contributed by atoms with van der Waals surface area (Å²) in [5.74, 6) is -0.506. The standard InChI is InChI=1S/C21H18FN5O2/c22-16-6-8-17(9-7-16)27-20-18(13-25-27)21(29)26(14-24-20)11-10-19(28)23-12-15-4-2-1-3-5-15/h1-9,13-14H,10-12H2,(H,23,28). The molecule has 0 saturated carbocycles. The first kappa shape index (κ1) is 18.5. The van der Waals surface area contributed by atoms with E-state index in [0.29, 0.717) is 23.3 Å². The van der Waals surface area contributed by atoms with Crippen molar-refractivity contribution in [1.82, 2.24) is 24.6 Å². The van der Waals surface area contributed by atoms with Gasteiger partial charge in [-0.15, -0.1) is 0 Å². The molecule has 0 aliphatic rings. The summed E-state index contributed by atoms with van der Waals surface area (Å²) >= 11 is 0. The van der Waals surface area contributed by atoms with Crippen LogP contribution in [0.2, 0.25) is 0 Å². The summed E-state index contributed by atoms with van der Waals surface area (Å²) in [5, 5.41) is 7.36. The molecule has 0 radical (unpaired) electrons. The summed E-state index contributed by atoms with van der Waals surface area (Å²) in [4.78, 5) is 29.1. The average molecular weight is 391 g/mol. The zero-order valence-electron chi connectivity index (χ0n) is 15.5. The Kier molecular flexibility index (Phi) is 5.15. The first-order valence-electron chi connectivity index (χ1n) is 9.11. The van der Waals surface area contributed by atoms with Gasteiger partial charge in [-0.3, -0.25) is 14.2 Å². The molecule has 0 fully saturated rings. The van der Waals surface area contributed by atoms with E-state index in [1.165, 1.54) is 33.9 Å². The largest absolute Gasteiger partial charge is 0.352 e. The number of aryl methyl sites for hydroxylation is 1. The van der Waals surface area contributed by atoms with Gasteiger partial charge < -0.3 is 5.32 Å². The number of hydrogen-bond donors (Lipinski definition) is 1. The number of amides is 1. The van der Waals surface area contributed by atoms with E-state index >= 15 is 0 Å². The van der Waals surface area contributed by atoms with Crippen molar-refractivity contribution in [3.05, 3.63) is 88.9 Å². The predicted molar refractivity (Wildman–Crippen MR) is 106 cm³/mol. The van der Waals surface area contributed by atoms with Crippen LogP contribution >= 0.6 is 0 Å². The number of hydrogen-bond acceptors (Lipinski definition) is 4. The van der Waals surface area contributed by atoms with Crippen molar-refractivity contribution in [3.63, 3.8) is 0 Å². The van der Waals surface area contributed by atoms with E-state index < -0.39 is 0 Å². The molecule has 0 aliphatic heterocycles. The molecule has 4 aromatic rings. The van der Waals surface area contributed by atoms with Gasteiger partial charge in [-0.1, -0.05) is 30.3 Å². The van der Waals surface area contributed by atoms with Crippen molar-refractivity contribution in [3.8, 4) is 5.69 Å². The Morgan fingerprint density at radius 2 is 1.83 bits per heavy atom. The van der Waals surface area contributed by atoms with Crippen molar-refractivity contribution >= 4 is 16.9 Å². The maximum absolute atomic E-state index is 13.1. The molecule has 1 amide bonds. The molecule has 8 heteroatoms. The number of benzene rings is 2. The summed E-state index contributed by atoms with van der Waals surface area (Å²) in [6.45, 7) is 0.653. The second-order valence-corrected chi connectivity index (χ2v) is 6.53. The number of rotatable bonds is 6. The van der Waals surface area contributed by atoms with Crippen molar-refractivity contribution < 1.29 is 9.18 Å². The summed E-state index contributed by atoms with van der Waals surface area (Å²) < 4.78 is 16.0. The highest BCUT2D eigenvalue weighted by Gasteiger charge is 2.12. The highest BCUT2D eigenvalue weighted by atomic mass is 19.1. The highest BCUT2D eigenvalue weighted by molar-refractivity contribution is 5.76. The van der Waals surface area contributed by atoms with E-state index in [0.717, 1.165) is 5.56 Å². The van der Waals surface area contributed by atoms with Crippen LogP contribution in [0, 0.1) is 5.82 Å². The molecular formula is C21H18FN5O2. The third-order valence-electron chi connectivity index (χ3n) is 4.54. The number of carbonyl (C=O) groups is 1. The first-order valence-corrected chi connectivity index (χ1v) is 9.11. The molecule has 0 saturated heterocycles.